The van der Waals surface area contributed by atoms with Crippen LogP contribution in [0.1, 0.15) is 41.0 Å². The molecule has 0 aliphatic heterocycles. The second kappa shape index (κ2) is 6.51. The van der Waals surface area contributed by atoms with E-state index in [1.807, 2.05) is 0 Å². The van der Waals surface area contributed by atoms with Crippen molar-refractivity contribution >= 4 is 11.8 Å². The SMILES string of the molecule is CC(=O)NCC(C)CC(C)(C)CNC(C)=O. The van der Waals surface area contributed by atoms with Gasteiger partial charge in [-0.05, 0) is 17.8 Å². The lowest BCUT2D eigenvalue weighted by Gasteiger charge is -2.28. The first-order valence-electron chi connectivity index (χ1n) is 5.72. The van der Waals surface area contributed by atoms with Crippen LogP contribution >= 0.6 is 0 Å². The topological polar surface area (TPSA) is 58.2 Å². The Morgan fingerprint density at radius 3 is 2.06 bits per heavy atom. The van der Waals surface area contributed by atoms with Crippen molar-refractivity contribution in [2.24, 2.45) is 11.3 Å². The monoisotopic (exact) mass is 228 g/mol. The second-order valence-electron chi connectivity index (χ2n) is 5.32. The van der Waals surface area contributed by atoms with Crippen molar-refractivity contribution in [3.63, 3.8) is 0 Å². The van der Waals surface area contributed by atoms with Crippen LogP contribution in [-0.2, 0) is 9.59 Å². The summed E-state index contributed by atoms with van der Waals surface area (Å²) in [6.07, 6.45) is 0.966. The molecule has 2 amide bonds. The molecule has 0 aliphatic rings. The van der Waals surface area contributed by atoms with Crippen LogP contribution in [0.5, 0.6) is 0 Å². The largest absolute Gasteiger partial charge is 0.356 e. The summed E-state index contributed by atoms with van der Waals surface area (Å²) < 4.78 is 0. The highest BCUT2D eigenvalue weighted by molar-refractivity contribution is 5.73. The lowest BCUT2D eigenvalue weighted by atomic mass is 9.83. The molecule has 16 heavy (non-hydrogen) atoms. The quantitative estimate of drug-likeness (QED) is 0.720. The van der Waals surface area contributed by atoms with Crippen LogP contribution in [0.2, 0.25) is 0 Å². The van der Waals surface area contributed by atoms with Gasteiger partial charge in [-0.15, -0.1) is 0 Å². The molecule has 0 bridgehead atoms. The van der Waals surface area contributed by atoms with Gasteiger partial charge in [0.15, 0.2) is 0 Å². The van der Waals surface area contributed by atoms with Gasteiger partial charge in [-0.2, -0.15) is 0 Å². The number of amides is 2. The van der Waals surface area contributed by atoms with Crippen molar-refractivity contribution in [3.05, 3.63) is 0 Å². The van der Waals surface area contributed by atoms with Gasteiger partial charge >= 0.3 is 0 Å². The second-order valence-corrected chi connectivity index (χ2v) is 5.32. The molecule has 0 aromatic heterocycles. The zero-order valence-corrected chi connectivity index (χ0v) is 11.0. The maximum atomic E-state index is 10.8. The third-order valence-electron chi connectivity index (χ3n) is 2.42. The summed E-state index contributed by atoms with van der Waals surface area (Å²) in [5, 5.41) is 5.64. The molecule has 2 N–H and O–H groups in total. The van der Waals surface area contributed by atoms with Crippen molar-refractivity contribution in [1.29, 1.82) is 0 Å². The van der Waals surface area contributed by atoms with Crippen molar-refractivity contribution in [2.75, 3.05) is 13.1 Å². The highest BCUT2D eigenvalue weighted by Crippen LogP contribution is 2.24. The smallest absolute Gasteiger partial charge is 0.216 e. The molecule has 94 valence electrons. The van der Waals surface area contributed by atoms with Gasteiger partial charge in [0.25, 0.3) is 0 Å². The summed E-state index contributed by atoms with van der Waals surface area (Å²) in [6.45, 7) is 10.8. The van der Waals surface area contributed by atoms with Crippen molar-refractivity contribution < 1.29 is 9.59 Å². The Morgan fingerprint density at radius 2 is 1.62 bits per heavy atom. The fourth-order valence-corrected chi connectivity index (χ4v) is 1.77. The Balaban J connectivity index is 3.94. The fourth-order valence-electron chi connectivity index (χ4n) is 1.77. The number of hydrogen-bond donors (Lipinski definition) is 2. The van der Waals surface area contributed by atoms with E-state index in [0.717, 1.165) is 6.42 Å². The van der Waals surface area contributed by atoms with Gasteiger partial charge in [0, 0.05) is 26.9 Å². The highest BCUT2D eigenvalue weighted by atomic mass is 16.2. The van der Waals surface area contributed by atoms with Crippen molar-refractivity contribution in [1.82, 2.24) is 10.6 Å². The van der Waals surface area contributed by atoms with Crippen LogP contribution in [-0.4, -0.2) is 24.9 Å². The molecule has 0 saturated heterocycles. The maximum Gasteiger partial charge on any atom is 0.216 e. The Kier molecular flexibility index (Phi) is 6.08. The zero-order chi connectivity index (χ0) is 12.8. The van der Waals surface area contributed by atoms with Gasteiger partial charge in [-0.25, -0.2) is 0 Å². The first-order valence-corrected chi connectivity index (χ1v) is 5.72. The van der Waals surface area contributed by atoms with Crippen LogP contribution in [0.25, 0.3) is 0 Å². The summed E-state index contributed by atoms with van der Waals surface area (Å²) in [4.78, 5) is 21.6. The molecule has 0 aromatic rings. The minimum atomic E-state index is 0.00240. The standard InChI is InChI=1S/C12H24N2O2/c1-9(7-13-10(2)15)6-12(4,5)8-14-11(3)16/h9H,6-8H2,1-5H3,(H,13,15)(H,14,16). The Hall–Kier alpha value is -1.06. The average molecular weight is 228 g/mol. The summed E-state index contributed by atoms with van der Waals surface area (Å²) >= 11 is 0. The minimum absolute atomic E-state index is 0.00240. The Morgan fingerprint density at radius 1 is 1.12 bits per heavy atom. The van der Waals surface area contributed by atoms with E-state index in [1.54, 1.807) is 0 Å². The van der Waals surface area contributed by atoms with E-state index < -0.39 is 0 Å². The first kappa shape index (κ1) is 14.9. The van der Waals surface area contributed by atoms with E-state index in [-0.39, 0.29) is 17.2 Å². The molecular weight excluding hydrogens is 204 g/mol. The molecule has 4 heteroatoms. The lowest BCUT2D eigenvalue weighted by molar-refractivity contribution is -0.119. The maximum absolute atomic E-state index is 10.8. The molecule has 4 nitrogen and oxygen atoms in total. The van der Waals surface area contributed by atoms with Gasteiger partial charge in [0.2, 0.25) is 11.8 Å². The van der Waals surface area contributed by atoms with Gasteiger partial charge in [-0.1, -0.05) is 20.8 Å². The predicted octanol–water partition coefficient (Wildman–Crippen LogP) is 1.31. The molecule has 0 saturated carbocycles. The Labute approximate surface area is 98.2 Å². The zero-order valence-electron chi connectivity index (χ0n) is 11.0. The molecular formula is C12H24N2O2. The van der Waals surface area contributed by atoms with Crippen LogP contribution < -0.4 is 10.6 Å². The van der Waals surface area contributed by atoms with Crippen LogP contribution in [0.15, 0.2) is 0 Å². The van der Waals surface area contributed by atoms with Gasteiger partial charge in [0.1, 0.15) is 0 Å². The van der Waals surface area contributed by atoms with E-state index in [1.165, 1.54) is 13.8 Å². The third kappa shape index (κ3) is 8.26. The Bertz CT molecular complexity index is 249. The number of nitrogens with one attached hydrogen (secondary N) is 2. The average Bonchev–Trinajstić information content (AvgIpc) is 2.11. The molecule has 0 spiro atoms. The lowest BCUT2D eigenvalue weighted by Crippen LogP contribution is -2.35. The molecule has 1 unspecified atom stereocenters. The van der Waals surface area contributed by atoms with E-state index in [4.69, 9.17) is 0 Å². The molecule has 0 radical (unpaired) electrons. The molecule has 1 atom stereocenters. The number of carbonyl (C=O) groups excluding carboxylic acids is 2. The molecule has 0 aliphatic carbocycles. The highest BCUT2D eigenvalue weighted by Gasteiger charge is 2.21. The molecule has 0 fully saturated rings. The summed E-state index contributed by atoms with van der Waals surface area (Å²) in [5.74, 6) is 0.418. The normalized spacial score (nSPS) is 13.1. The fraction of sp³-hybridized carbons (Fsp3) is 0.833. The number of rotatable bonds is 6. The molecule has 0 heterocycles. The van der Waals surface area contributed by atoms with E-state index >= 15 is 0 Å². The van der Waals surface area contributed by atoms with E-state index in [9.17, 15) is 9.59 Å². The first-order chi connectivity index (χ1) is 7.23. The van der Waals surface area contributed by atoms with Gasteiger partial charge in [-0.3, -0.25) is 9.59 Å². The van der Waals surface area contributed by atoms with Crippen LogP contribution in [0.4, 0.5) is 0 Å². The third-order valence-corrected chi connectivity index (χ3v) is 2.42. The minimum Gasteiger partial charge on any atom is -0.356 e. The van der Waals surface area contributed by atoms with Gasteiger partial charge in [0.05, 0.1) is 0 Å². The molecule has 0 rings (SSSR count). The van der Waals surface area contributed by atoms with Crippen LogP contribution in [0.3, 0.4) is 0 Å². The van der Waals surface area contributed by atoms with Crippen molar-refractivity contribution in [2.45, 2.75) is 41.0 Å². The summed E-state index contributed by atoms with van der Waals surface area (Å²) in [7, 11) is 0. The number of hydrogen-bond acceptors (Lipinski definition) is 2. The van der Waals surface area contributed by atoms with E-state index in [2.05, 4.69) is 31.4 Å². The summed E-state index contributed by atoms with van der Waals surface area (Å²) in [6, 6.07) is 0. The van der Waals surface area contributed by atoms with Crippen molar-refractivity contribution in [3.8, 4) is 0 Å². The molecule has 0 aromatic carbocycles. The summed E-state index contributed by atoms with van der Waals surface area (Å²) in [5.41, 5.74) is 0.0591. The van der Waals surface area contributed by atoms with Crippen LogP contribution in [0, 0.1) is 11.3 Å². The van der Waals surface area contributed by atoms with Gasteiger partial charge < -0.3 is 10.6 Å². The van der Waals surface area contributed by atoms with E-state index in [0.29, 0.717) is 19.0 Å². The predicted molar refractivity (Wildman–Crippen MR) is 64.9 cm³/mol. The number of carbonyl (C=O) groups is 2.